The number of sulfonamides is 2. The molecule has 17 heteroatoms. The molecule has 0 aromatic heterocycles. The number of alkyl halides is 6. The van der Waals surface area contributed by atoms with Gasteiger partial charge in [0.1, 0.15) is 21.3 Å². The topological polar surface area (TPSA) is 111 Å². The Hall–Kier alpha value is -2.50. The van der Waals surface area contributed by atoms with Gasteiger partial charge in [0.25, 0.3) is 0 Å². The molecule has 2 rings (SSSR count). The van der Waals surface area contributed by atoms with Gasteiger partial charge in [-0.2, -0.15) is 26.3 Å². The van der Waals surface area contributed by atoms with Crippen molar-refractivity contribution in [3.63, 3.8) is 0 Å². The van der Waals surface area contributed by atoms with Gasteiger partial charge in [-0.25, -0.2) is 26.3 Å². The highest BCUT2D eigenvalue weighted by atomic mass is 32.2. The maximum atomic E-state index is 13.3. The Balaban J connectivity index is 2.53. The van der Waals surface area contributed by atoms with Crippen molar-refractivity contribution in [2.75, 3.05) is 0 Å². The largest absolute Gasteiger partial charge is 0.658 e. The van der Waals surface area contributed by atoms with E-state index in [0.29, 0.717) is 36.4 Å². The number of nitrogens with one attached hydrogen (secondary N) is 2. The summed E-state index contributed by atoms with van der Waals surface area (Å²) in [6.45, 7) is 8.87. The third-order valence-corrected chi connectivity index (χ3v) is 7.95. The molecule has 2 aromatic carbocycles. The molecule has 0 bridgehead atoms. The number of benzene rings is 2. The molecule has 0 aliphatic carbocycles. The average molecular weight is 603 g/mol. The van der Waals surface area contributed by atoms with E-state index in [0.717, 1.165) is 0 Å². The lowest BCUT2D eigenvalue weighted by atomic mass is 10.1. The molecule has 0 fully saturated rings. The third kappa shape index (κ3) is 9.29. The van der Waals surface area contributed by atoms with E-state index < -0.39 is 75.9 Å². The molecule has 0 atom stereocenters. The zero-order chi connectivity index (χ0) is 30.2. The molecule has 0 saturated carbocycles. The Morgan fingerprint density at radius 2 is 0.923 bits per heavy atom. The predicted octanol–water partition coefficient (Wildman–Crippen LogP) is 4.87. The highest BCUT2D eigenvalue weighted by molar-refractivity contribution is 7.90. The van der Waals surface area contributed by atoms with Gasteiger partial charge in [-0.15, -0.1) is 0 Å². The molecule has 217 valence electrons. The van der Waals surface area contributed by atoms with Gasteiger partial charge in [-0.3, -0.25) is 0 Å². The van der Waals surface area contributed by atoms with E-state index in [2.05, 4.69) is 9.44 Å². The van der Waals surface area contributed by atoms with Crippen LogP contribution in [-0.2, 0) is 32.4 Å². The van der Waals surface area contributed by atoms with Crippen LogP contribution in [0.15, 0.2) is 46.2 Å². The molecule has 0 spiro atoms. The van der Waals surface area contributed by atoms with Gasteiger partial charge >= 0.3 is 20.0 Å². The molecule has 0 heterocycles. The fourth-order valence-electron chi connectivity index (χ4n) is 3.04. The summed E-state index contributed by atoms with van der Waals surface area (Å²) in [7, 11) is -8.68. The highest BCUT2D eigenvalue weighted by Gasteiger charge is 2.35. The van der Waals surface area contributed by atoms with Crippen molar-refractivity contribution in [3.05, 3.63) is 47.5 Å². The molecule has 1 radical (unpaired) electrons. The first kappa shape index (κ1) is 32.7. The van der Waals surface area contributed by atoms with Crippen molar-refractivity contribution in [3.8, 4) is 11.5 Å². The summed E-state index contributed by atoms with van der Waals surface area (Å²) in [5, 5.41) is 0. The summed E-state index contributed by atoms with van der Waals surface area (Å²) in [6.07, 6.45) is -9.81. The SMILES string of the molecule is CC(C)(C)NS(=O)(=O)c1ccc(C(F)(F)F)cc1O[B]Oc1cc(C(F)(F)F)ccc1S(=O)(=O)NC(C)(C)C. The number of hydrogen-bond donors (Lipinski definition) is 2. The normalized spacial score (nSPS) is 13.7. The lowest BCUT2D eigenvalue weighted by Gasteiger charge is -2.23. The summed E-state index contributed by atoms with van der Waals surface area (Å²) in [6, 6.07) is 2.96. The lowest BCUT2D eigenvalue weighted by molar-refractivity contribution is -0.138. The smallest absolute Gasteiger partial charge is 0.525 e. The van der Waals surface area contributed by atoms with E-state index in [1.807, 2.05) is 0 Å². The summed E-state index contributed by atoms with van der Waals surface area (Å²) in [5.41, 5.74) is -4.67. The van der Waals surface area contributed by atoms with Gasteiger partial charge in [0, 0.05) is 11.1 Å². The van der Waals surface area contributed by atoms with E-state index in [-0.39, 0.29) is 7.69 Å². The minimum absolute atomic E-state index is 0.233. The van der Waals surface area contributed by atoms with Gasteiger partial charge in [0.2, 0.25) is 20.0 Å². The standard InChI is InChI=1S/C22H26BF6N2O6S2/c1-19(2,3)30-38(32,33)17-9-7-13(21(24,25)26)11-15(17)36-23-37-16-12-14(22(27,28)29)8-10-18(16)39(34,35)31-20(4,5)6/h7-12,30-31H,1-6H3. The Bertz CT molecular complexity index is 1310. The molecule has 8 nitrogen and oxygen atoms in total. The second-order valence-corrected chi connectivity index (χ2v) is 13.7. The first-order valence-electron chi connectivity index (χ1n) is 11.0. The summed E-state index contributed by atoms with van der Waals surface area (Å²) < 4.78 is 145. The second kappa shape index (κ2) is 10.8. The van der Waals surface area contributed by atoms with Crippen LogP contribution in [0, 0.1) is 0 Å². The van der Waals surface area contributed by atoms with Crippen molar-refractivity contribution in [2.24, 2.45) is 0 Å². The molecule has 2 aromatic rings. The van der Waals surface area contributed by atoms with Gasteiger partial charge in [-0.1, -0.05) is 0 Å². The van der Waals surface area contributed by atoms with Crippen molar-refractivity contribution in [1.82, 2.24) is 9.44 Å². The molecular weight excluding hydrogens is 577 g/mol. The van der Waals surface area contributed by atoms with Crippen LogP contribution in [0.5, 0.6) is 11.5 Å². The summed E-state index contributed by atoms with van der Waals surface area (Å²) >= 11 is 0. The third-order valence-electron chi connectivity index (χ3n) is 4.35. The Morgan fingerprint density at radius 3 is 1.18 bits per heavy atom. The van der Waals surface area contributed by atoms with Crippen molar-refractivity contribution < 1.29 is 52.5 Å². The first-order valence-corrected chi connectivity index (χ1v) is 13.9. The van der Waals surface area contributed by atoms with Crippen LogP contribution in [0.2, 0.25) is 0 Å². The fourth-order valence-corrected chi connectivity index (χ4v) is 6.11. The Morgan fingerprint density at radius 1 is 0.615 bits per heavy atom. The quantitative estimate of drug-likeness (QED) is 0.329. The molecule has 0 aliphatic rings. The fraction of sp³-hybridized carbons (Fsp3) is 0.455. The number of hydrogen-bond acceptors (Lipinski definition) is 6. The number of halogens is 6. The molecular formula is C22H26BF6N2O6S2. The summed E-state index contributed by atoms with van der Waals surface area (Å²) in [4.78, 5) is -1.48. The number of rotatable bonds is 8. The second-order valence-electron chi connectivity index (χ2n) is 10.4. The summed E-state index contributed by atoms with van der Waals surface area (Å²) in [5.74, 6) is -1.77. The van der Waals surface area contributed by atoms with Crippen LogP contribution in [-0.4, -0.2) is 35.6 Å². The van der Waals surface area contributed by atoms with Crippen LogP contribution >= 0.6 is 0 Å². The van der Waals surface area contributed by atoms with E-state index in [9.17, 15) is 43.2 Å². The van der Waals surface area contributed by atoms with E-state index in [1.54, 1.807) is 0 Å². The molecule has 0 unspecified atom stereocenters. The van der Waals surface area contributed by atoms with Gasteiger partial charge in [0.05, 0.1) is 11.1 Å². The van der Waals surface area contributed by atoms with Crippen molar-refractivity contribution >= 4 is 27.7 Å². The lowest BCUT2D eigenvalue weighted by Crippen LogP contribution is -2.40. The van der Waals surface area contributed by atoms with Crippen molar-refractivity contribution in [1.29, 1.82) is 0 Å². The highest BCUT2D eigenvalue weighted by Crippen LogP contribution is 2.37. The van der Waals surface area contributed by atoms with Crippen LogP contribution < -0.4 is 18.8 Å². The average Bonchev–Trinajstić information content (AvgIpc) is 2.68. The van der Waals surface area contributed by atoms with E-state index in [4.69, 9.17) is 9.31 Å². The zero-order valence-corrected chi connectivity index (χ0v) is 23.2. The van der Waals surface area contributed by atoms with Gasteiger partial charge in [-0.05, 0) is 77.9 Å². The maximum Gasteiger partial charge on any atom is 0.658 e. The molecule has 0 saturated heterocycles. The molecule has 2 N–H and O–H groups in total. The van der Waals surface area contributed by atoms with Crippen LogP contribution in [0.4, 0.5) is 26.3 Å². The van der Waals surface area contributed by atoms with Crippen LogP contribution in [0.1, 0.15) is 52.7 Å². The Labute approximate surface area is 223 Å². The van der Waals surface area contributed by atoms with Crippen LogP contribution in [0.3, 0.4) is 0 Å². The van der Waals surface area contributed by atoms with E-state index in [1.165, 1.54) is 41.5 Å². The Kier molecular flexibility index (Phi) is 9.08. The van der Waals surface area contributed by atoms with Crippen LogP contribution in [0.25, 0.3) is 0 Å². The molecule has 39 heavy (non-hydrogen) atoms. The monoisotopic (exact) mass is 603 g/mol. The first-order chi connectivity index (χ1) is 17.3. The zero-order valence-electron chi connectivity index (χ0n) is 21.6. The van der Waals surface area contributed by atoms with Gasteiger partial charge in [0.15, 0.2) is 0 Å². The predicted molar refractivity (Wildman–Crippen MR) is 130 cm³/mol. The van der Waals surface area contributed by atoms with E-state index >= 15 is 0 Å². The minimum atomic E-state index is -4.90. The molecule has 0 amide bonds. The minimum Gasteiger partial charge on any atom is -0.525 e. The molecule has 0 aliphatic heterocycles. The van der Waals surface area contributed by atoms with Gasteiger partial charge < -0.3 is 9.31 Å². The maximum absolute atomic E-state index is 13.3. The van der Waals surface area contributed by atoms with Crippen molar-refractivity contribution in [2.45, 2.75) is 74.8 Å².